The van der Waals surface area contributed by atoms with E-state index < -0.39 is 18.2 Å². The number of aliphatic hydroxyl groups is 3. The molecule has 0 aromatic carbocycles. The van der Waals surface area contributed by atoms with E-state index in [2.05, 4.69) is 31.3 Å². The fraction of sp³-hybridized carbons (Fsp3) is 0.933. The first-order valence-corrected chi connectivity index (χ1v) is 22.5. The number of aliphatic hydroxyl groups excluding tert-OH is 3. The summed E-state index contributed by atoms with van der Waals surface area (Å²) in [5.41, 5.74) is 0. The number of amides is 1. The van der Waals surface area contributed by atoms with E-state index >= 15 is 0 Å². The molecule has 0 rings (SSSR count). The van der Waals surface area contributed by atoms with Crippen molar-refractivity contribution in [2.24, 2.45) is 0 Å². The van der Waals surface area contributed by atoms with Crippen LogP contribution in [0.5, 0.6) is 0 Å². The van der Waals surface area contributed by atoms with Crippen LogP contribution in [0, 0.1) is 0 Å². The molecule has 4 N–H and O–H groups in total. The monoisotopic (exact) mass is 708 g/mol. The molecule has 0 bridgehead atoms. The van der Waals surface area contributed by atoms with Crippen molar-refractivity contribution in [3.63, 3.8) is 0 Å². The van der Waals surface area contributed by atoms with Crippen molar-refractivity contribution in [3.05, 3.63) is 12.2 Å². The van der Waals surface area contributed by atoms with E-state index in [1.165, 1.54) is 180 Å². The minimum absolute atomic E-state index is 0.145. The van der Waals surface area contributed by atoms with Crippen LogP contribution in [-0.4, -0.2) is 46.1 Å². The Labute approximate surface area is 312 Å². The molecule has 0 aliphatic heterocycles. The third-order valence-electron chi connectivity index (χ3n) is 10.6. The molecular formula is C45H89NO4. The van der Waals surface area contributed by atoms with E-state index in [-0.39, 0.29) is 12.5 Å². The first-order valence-electron chi connectivity index (χ1n) is 22.5. The predicted octanol–water partition coefficient (Wildman–Crippen LogP) is 12.8. The average molecular weight is 708 g/mol. The molecule has 0 spiro atoms. The lowest BCUT2D eigenvalue weighted by Crippen LogP contribution is -2.50. The van der Waals surface area contributed by atoms with Crippen molar-refractivity contribution < 1.29 is 20.1 Å². The fourth-order valence-corrected chi connectivity index (χ4v) is 7.10. The van der Waals surface area contributed by atoms with Gasteiger partial charge in [0.05, 0.1) is 18.8 Å². The molecule has 0 aliphatic carbocycles. The Kier molecular flexibility index (Phi) is 40.1. The lowest BCUT2D eigenvalue weighted by molar-refractivity contribution is -0.124. The number of allylic oxidation sites excluding steroid dienone is 2. The van der Waals surface area contributed by atoms with Crippen molar-refractivity contribution in [2.45, 2.75) is 263 Å². The second kappa shape index (κ2) is 40.9. The lowest BCUT2D eigenvalue weighted by Gasteiger charge is -2.26. The van der Waals surface area contributed by atoms with E-state index in [1.54, 1.807) is 0 Å². The van der Waals surface area contributed by atoms with Gasteiger partial charge in [-0.25, -0.2) is 0 Å². The van der Waals surface area contributed by atoms with Gasteiger partial charge in [0.2, 0.25) is 5.91 Å². The molecule has 0 aromatic heterocycles. The highest BCUT2D eigenvalue weighted by Gasteiger charge is 2.26. The van der Waals surface area contributed by atoms with Gasteiger partial charge in [0.1, 0.15) is 6.10 Å². The summed E-state index contributed by atoms with van der Waals surface area (Å²) in [5, 5.41) is 33.3. The van der Waals surface area contributed by atoms with Crippen LogP contribution < -0.4 is 5.32 Å². The van der Waals surface area contributed by atoms with Crippen molar-refractivity contribution in [2.75, 3.05) is 6.61 Å². The average Bonchev–Trinajstić information content (AvgIpc) is 3.12. The van der Waals surface area contributed by atoms with Crippen LogP contribution in [0.15, 0.2) is 12.2 Å². The number of carbonyl (C=O) groups excluding carboxylic acids is 1. The molecule has 0 aromatic rings. The third-order valence-corrected chi connectivity index (χ3v) is 10.6. The normalized spacial score (nSPS) is 13.6. The number of rotatable bonds is 41. The predicted molar refractivity (Wildman–Crippen MR) is 218 cm³/mol. The molecular weight excluding hydrogens is 618 g/mol. The van der Waals surface area contributed by atoms with Gasteiger partial charge in [0, 0.05) is 6.42 Å². The van der Waals surface area contributed by atoms with Gasteiger partial charge in [0.25, 0.3) is 0 Å². The van der Waals surface area contributed by atoms with E-state index in [0.717, 1.165) is 38.5 Å². The summed E-state index contributed by atoms with van der Waals surface area (Å²) in [6, 6.07) is -0.804. The standard InChI is InChI=1S/C45H89NO4/c1-3-5-7-9-11-13-14-15-16-17-18-19-20-21-22-23-24-25-26-27-28-29-30-31-32-34-36-38-40-44(49)46-42(41-47)45(50)43(48)39-37-35-33-12-10-8-6-4-2/h21-22,42-43,45,47-48,50H,3-20,23-41H2,1-2H3,(H,46,49)/b22-21-. The largest absolute Gasteiger partial charge is 0.394 e. The Hall–Kier alpha value is -0.910. The topological polar surface area (TPSA) is 89.8 Å². The first-order chi connectivity index (χ1) is 24.6. The van der Waals surface area contributed by atoms with E-state index in [0.29, 0.717) is 12.8 Å². The molecule has 0 fully saturated rings. The summed E-state index contributed by atoms with van der Waals surface area (Å²) in [6.45, 7) is 4.15. The zero-order valence-corrected chi connectivity index (χ0v) is 33.8. The van der Waals surface area contributed by atoms with Crippen molar-refractivity contribution in [1.82, 2.24) is 5.32 Å². The quantitative estimate of drug-likeness (QED) is 0.0376. The number of nitrogens with one attached hydrogen (secondary N) is 1. The van der Waals surface area contributed by atoms with E-state index in [4.69, 9.17) is 0 Å². The molecule has 298 valence electrons. The third kappa shape index (κ3) is 35.5. The van der Waals surface area contributed by atoms with Crippen LogP contribution in [0.2, 0.25) is 0 Å². The number of hydrogen-bond donors (Lipinski definition) is 4. The van der Waals surface area contributed by atoms with Crippen LogP contribution >= 0.6 is 0 Å². The summed E-state index contributed by atoms with van der Waals surface area (Å²) in [5.74, 6) is -0.145. The highest BCUT2D eigenvalue weighted by atomic mass is 16.3. The van der Waals surface area contributed by atoms with Crippen molar-refractivity contribution in [1.29, 1.82) is 0 Å². The molecule has 0 saturated heterocycles. The summed E-state index contributed by atoms with van der Waals surface area (Å²) >= 11 is 0. The summed E-state index contributed by atoms with van der Waals surface area (Å²) in [6.07, 6.45) is 47.8. The minimum Gasteiger partial charge on any atom is -0.394 e. The van der Waals surface area contributed by atoms with Gasteiger partial charge in [-0.2, -0.15) is 0 Å². The molecule has 5 nitrogen and oxygen atoms in total. The Bertz CT molecular complexity index is 699. The van der Waals surface area contributed by atoms with Gasteiger partial charge in [-0.15, -0.1) is 0 Å². The zero-order chi connectivity index (χ0) is 36.6. The van der Waals surface area contributed by atoms with E-state index in [1.807, 2.05) is 0 Å². The Balaban J connectivity index is 3.48. The highest BCUT2D eigenvalue weighted by Crippen LogP contribution is 2.16. The zero-order valence-electron chi connectivity index (χ0n) is 33.8. The second-order valence-electron chi connectivity index (χ2n) is 15.6. The van der Waals surface area contributed by atoms with Gasteiger partial charge >= 0.3 is 0 Å². The van der Waals surface area contributed by atoms with Gasteiger partial charge < -0.3 is 20.6 Å². The molecule has 1 amide bonds. The Morgan fingerprint density at radius 3 is 1.16 bits per heavy atom. The van der Waals surface area contributed by atoms with Crippen molar-refractivity contribution >= 4 is 5.91 Å². The lowest BCUT2D eigenvalue weighted by atomic mass is 9.99. The molecule has 0 radical (unpaired) electrons. The van der Waals surface area contributed by atoms with Gasteiger partial charge in [0.15, 0.2) is 0 Å². The number of carbonyl (C=O) groups is 1. The van der Waals surface area contributed by atoms with Crippen LogP contribution in [0.1, 0.15) is 245 Å². The number of hydrogen-bond acceptors (Lipinski definition) is 4. The maximum Gasteiger partial charge on any atom is 0.220 e. The van der Waals surface area contributed by atoms with Crippen LogP contribution in [-0.2, 0) is 4.79 Å². The minimum atomic E-state index is -1.13. The van der Waals surface area contributed by atoms with Crippen LogP contribution in [0.4, 0.5) is 0 Å². The molecule has 50 heavy (non-hydrogen) atoms. The van der Waals surface area contributed by atoms with Gasteiger partial charge in [-0.05, 0) is 38.5 Å². The SMILES string of the molecule is CCCCCCCCCCCCCC/C=C\CCCCCCCCCCCCCCC(=O)NC(CO)C(O)C(O)CCCCCCCCCC. The Morgan fingerprint density at radius 2 is 0.800 bits per heavy atom. The fourth-order valence-electron chi connectivity index (χ4n) is 7.10. The van der Waals surface area contributed by atoms with Gasteiger partial charge in [-0.3, -0.25) is 4.79 Å². The van der Waals surface area contributed by atoms with Crippen LogP contribution in [0.3, 0.4) is 0 Å². The van der Waals surface area contributed by atoms with E-state index in [9.17, 15) is 20.1 Å². The maximum atomic E-state index is 12.4. The van der Waals surface area contributed by atoms with Gasteiger partial charge in [-0.1, -0.05) is 212 Å². The summed E-state index contributed by atoms with van der Waals surface area (Å²) in [7, 11) is 0. The molecule has 0 heterocycles. The highest BCUT2D eigenvalue weighted by molar-refractivity contribution is 5.76. The molecule has 3 unspecified atom stereocenters. The summed E-state index contributed by atoms with van der Waals surface area (Å²) in [4.78, 5) is 12.4. The smallest absolute Gasteiger partial charge is 0.220 e. The number of unbranched alkanes of at least 4 members (excludes halogenated alkanes) is 31. The molecule has 3 atom stereocenters. The summed E-state index contributed by atoms with van der Waals surface area (Å²) < 4.78 is 0. The Morgan fingerprint density at radius 1 is 0.480 bits per heavy atom. The second-order valence-corrected chi connectivity index (χ2v) is 15.6. The maximum absolute atomic E-state index is 12.4. The van der Waals surface area contributed by atoms with Crippen molar-refractivity contribution in [3.8, 4) is 0 Å². The molecule has 5 heteroatoms. The molecule has 0 saturated carbocycles. The molecule has 0 aliphatic rings. The first kappa shape index (κ1) is 49.1. The van der Waals surface area contributed by atoms with Crippen LogP contribution in [0.25, 0.3) is 0 Å².